The van der Waals surface area contributed by atoms with Crippen LogP contribution in [0, 0.1) is 0 Å². The molecule has 0 aliphatic carbocycles. The van der Waals surface area contributed by atoms with E-state index in [0.29, 0.717) is 37.4 Å². The second kappa shape index (κ2) is 12.3. The Labute approximate surface area is 310 Å². The third-order valence-electron chi connectivity index (χ3n) is 7.98. The number of carboxylic acid groups (broad SMARTS) is 3. The molecule has 0 saturated heterocycles. The molecular formula is C36H17N3O6S6. The Morgan fingerprint density at radius 3 is 1.10 bits per heavy atom. The predicted octanol–water partition coefficient (Wildman–Crippen LogP) is 11.1. The SMILES string of the molecule is O=C(O)c1cc2sc(-c3ccnc(-c4cc(-c5cc6sc(C(=O)O)cc6s5)cc(-c5cc(-c6cc7sc(C(=O)O)cc7s6)ccn5)n4)c3)cc2s1. The van der Waals surface area contributed by atoms with Crippen LogP contribution in [0.1, 0.15) is 29.0 Å². The fourth-order valence-electron chi connectivity index (χ4n) is 5.63. The fraction of sp³-hybridized carbons (Fsp3) is 0. The molecule has 9 rings (SSSR count). The number of pyridine rings is 3. The van der Waals surface area contributed by atoms with Crippen LogP contribution >= 0.6 is 68.0 Å². The first-order chi connectivity index (χ1) is 24.6. The zero-order valence-corrected chi connectivity index (χ0v) is 30.3. The summed E-state index contributed by atoms with van der Waals surface area (Å²) in [6, 6.07) is 22.9. The monoisotopic (exact) mass is 779 g/mol. The molecule has 248 valence electrons. The van der Waals surface area contributed by atoms with Crippen molar-refractivity contribution in [2.45, 2.75) is 0 Å². The quantitative estimate of drug-likeness (QED) is 0.137. The summed E-state index contributed by atoms with van der Waals surface area (Å²) in [5.74, 6) is -2.82. The van der Waals surface area contributed by atoms with Crippen LogP contribution in [0.15, 0.2) is 85.2 Å². The van der Waals surface area contributed by atoms with Crippen LogP contribution in [-0.4, -0.2) is 48.2 Å². The molecule has 51 heavy (non-hydrogen) atoms. The highest BCUT2D eigenvalue weighted by atomic mass is 32.1. The number of rotatable bonds is 8. The number of aromatic carboxylic acids is 3. The van der Waals surface area contributed by atoms with Gasteiger partial charge in [0.25, 0.3) is 0 Å². The zero-order chi connectivity index (χ0) is 35.0. The number of carbonyl (C=O) groups is 3. The molecule has 0 atom stereocenters. The van der Waals surface area contributed by atoms with Crippen molar-refractivity contribution in [1.29, 1.82) is 0 Å². The van der Waals surface area contributed by atoms with Gasteiger partial charge in [-0.3, -0.25) is 9.97 Å². The van der Waals surface area contributed by atoms with Gasteiger partial charge in [-0.25, -0.2) is 19.4 Å². The Kier molecular flexibility index (Phi) is 7.64. The van der Waals surface area contributed by atoms with Crippen molar-refractivity contribution in [2.24, 2.45) is 0 Å². The number of hydrogen-bond acceptors (Lipinski definition) is 12. The second-order valence-electron chi connectivity index (χ2n) is 11.3. The molecule has 15 heteroatoms. The molecule has 0 fully saturated rings. The van der Waals surface area contributed by atoms with E-state index >= 15 is 0 Å². The molecule has 0 aromatic carbocycles. The highest BCUT2D eigenvalue weighted by Crippen LogP contribution is 2.43. The smallest absolute Gasteiger partial charge is 0.345 e. The lowest BCUT2D eigenvalue weighted by molar-refractivity contribution is 0.0691. The molecule has 9 heterocycles. The molecule has 0 aliphatic heterocycles. The van der Waals surface area contributed by atoms with Crippen molar-refractivity contribution in [3.05, 3.63) is 99.8 Å². The van der Waals surface area contributed by atoms with Crippen LogP contribution in [0.25, 0.3) is 82.3 Å². The minimum Gasteiger partial charge on any atom is -0.477 e. The fourth-order valence-corrected chi connectivity index (χ4v) is 12.3. The topological polar surface area (TPSA) is 151 Å². The van der Waals surface area contributed by atoms with Crippen molar-refractivity contribution in [3.8, 4) is 54.1 Å². The average molecular weight is 780 g/mol. The molecule has 9 nitrogen and oxygen atoms in total. The highest BCUT2D eigenvalue weighted by molar-refractivity contribution is 7.31. The molecule has 0 aliphatic rings. The van der Waals surface area contributed by atoms with Crippen LogP contribution < -0.4 is 0 Å². The largest absolute Gasteiger partial charge is 0.477 e. The maximum atomic E-state index is 11.6. The van der Waals surface area contributed by atoms with Gasteiger partial charge in [0.2, 0.25) is 0 Å². The number of hydrogen-bond donors (Lipinski definition) is 3. The zero-order valence-electron chi connectivity index (χ0n) is 25.4. The molecule has 0 bridgehead atoms. The van der Waals surface area contributed by atoms with Crippen LogP contribution in [-0.2, 0) is 0 Å². The van der Waals surface area contributed by atoms with E-state index in [1.807, 2.05) is 54.6 Å². The first-order valence-electron chi connectivity index (χ1n) is 14.9. The Bertz CT molecular complexity index is 2640. The van der Waals surface area contributed by atoms with Gasteiger partial charge >= 0.3 is 17.9 Å². The number of aromatic nitrogens is 3. The van der Waals surface area contributed by atoms with Crippen molar-refractivity contribution in [2.75, 3.05) is 0 Å². The van der Waals surface area contributed by atoms with Gasteiger partial charge in [-0.15, -0.1) is 68.0 Å². The Morgan fingerprint density at radius 2 is 0.745 bits per heavy atom. The number of thiophene rings is 6. The minimum atomic E-state index is -0.948. The summed E-state index contributed by atoms with van der Waals surface area (Å²) < 4.78 is 5.43. The lowest BCUT2D eigenvalue weighted by Gasteiger charge is -2.10. The average Bonchev–Trinajstić information content (AvgIpc) is 3.95. The summed E-state index contributed by atoms with van der Waals surface area (Å²) in [5.41, 5.74) is 5.30. The second-order valence-corrected chi connectivity index (χ2v) is 17.8. The summed E-state index contributed by atoms with van der Waals surface area (Å²) >= 11 is 8.30. The third-order valence-corrected chi connectivity index (χ3v) is 15.0. The molecule has 9 aromatic rings. The number of fused-ring (bicyclic) bond motifs is 3. The molecule has 9 aromatic heterocycles. The molecule has 0 amide bonds. The van der Waals surface area contributed by atoms with Gasteiger partial charge in [0, 0.05) is 55.2 Å². The van der Waals surface area contributed by atoms with Gasteiger partial charge in [-0.05, 0) is 89.5 Å². The predicted molar refractivity (Wildman–Crippen MR) is 208 cm³/mol. The third kappa shape index (κ3) is 5.83. The van der Waals surface area contributed by atoms with E-state index in [2.05, 4.69) is 0 Å². The summed E-state index contributed by atoms with van der Waals surface area (Å²) in [6.45, 7) is 0. The highest BCUT2D eigenvalue weighted by Gasteiger charge is 2.19. The van der Waals surface area contributed by atoms with Crippen LogP contribution in [0.5, 0.6) is 0 Å². The van der Waals surface area contributed by atoms with E-state index in [0.717, 1.165) is 59.5 Å². The maximum absolute atomic E-state index is 11.6. The van der Waals surface area contributed by atoms with Gasteiger partial charge in [0.05, 0.1) is 22.8 Å². The molecule has 3 N–H and O–H groups in total. The van der Waals surface area contributed by atoms with Crippen molar-refractivity contribution in [3.63, 3.8) is 0 Å². The van der Waals surface area contributed by atoms with Crippen molar-refractivity contribution < 1.29 is 29.7 Å². The van der Waals surface area contributed by atoms with Crippen molar-refractivity contribution >= 4 is 114 Å². The van der Waals surface area contributed by atoms with Crippen LogP contribution in [0.3, 0.4) is 0 Å². The molecule has 0 unspecified atom stereocenters. The van der Waals surface area contributed by atoms with Gasteiger partial charge in [0.1, 0.15) is 14.6 Å². The van der Waals surface area contributed by atoms with E-state index in [-0.39, 0.29) is 0 Å². The Morgan fingerprint density at radius 1 is 0.412 bits per heavy atom. The number of nitrogens with zero attached hydrogens (tertiary/aromatic N) is 3. The first-order valence-corrected chi connectivity index (χ1v) is 19.8. The lowest BCUT2D eigenvalue weighted by atomic mass is 10.1. The standard InChI is InChI=1S/C36H17N3O6S6/c40-34(41)31-12-28-25(49-31)9-22(46-28)15-1-3-37-18(5-15)20-7-17(24-11-27-30(48-24)14-33(51-27)36(44)45)8-21(39-20)19-6-16(2-4-38-19)23-10-26-29(47-23)13-32(50-26)35(42)43/h1-14H,(H,40,41)(H,42,43)(H,44,45). The van der Waals surface area contributed by atoms with E-state index in [1.54, 1.807) is 30.6 Å². The van der Waals surface area contributed by atoms with E-state index in [9.17, 15) is 29.7 Å². The summed E-state index contributed by atoms with van der Waals surface area (Å²) in [4.78, 5) is 52.8. The maximum Gasteiger partial charge on any atom is 0.345 e. The van der Waals surface area contributed by atoms with Crippen LogP contribution in [0.2, 0.25) is 0 Å². The summed E-state index contributed by atoms with van der Waals surface area (Å²) in [6.07, 6.45) is 3.47. The van der Waals surface area contributed by atoms with Gasteiger partial charge in [-0.2, -0.15) is 0 Å². The number of carboxylic acids is 3. The molecular weight excluding hydrogens is 763 g/mol. The van der Waals surface area contributed by atoms with Gasteiger partial charge < -0.3 is 15.3 Å². The van der Waals surface area contributed by atoms with E-state index < -0.39 is 17.9 Å². The van der Waals surface area contributed by atoms with Gasteiger partial charge in [-0.1, -0.05) is 0 Å². The Balaban J connectivity index is 1.14. The Hall–Kier alpha value is -5.16. The first kappa shape index (κ1) is 31.8. The van der Waals surface area contributed by atoms with E-state index in [1.165, 1.54) is 68.0 Å². The molecule has 0 saturated carbocycles. The normalized spacial score (nSPS) is 11.6. The lowest BCUT2D eigenvalue weighted by Crippen LogP contribution is -1.94. The van der Waals surface area contributed by atoms with Crippen molar-refractivity contribution in [1.82, 2.24) is 15.0 Å². The molecule has 0 spiro atoms. The van der Waals surface area contributed by atoms with Gasteiger partial charge in [0.15, 0.2) is 0 Å². The summed E-state index contributed by atoms with van der Waals surface area (Å²) in [5, 5.41) is 28.3. The van der Waals surface area contributed by atoms with E-state index in [4.69, 9.17) is 15.0 Å². The summed E-state index contributed by atoms with van der Waals surface area (Å²) in [7, 11) is 0. The minimum absolute atomic E-state index is 0.293. The van der Waals surface area contributed by atoms with Crippen LogP contribution in [0.4, 0.5) is 0 Å². The molecule has 0 radical (unpaired) electrons.